The molecule has 0 atom stereocenters. The topological polar surface area (TPSA) is 84.5 Å². The SMILES string of the molecule is Cc1cccc(NC(=O)COc2ccc(S(=O)(=O)Nc3ccccc3)cc2)c1C. The summed E-state index contributed by atoms with van der Waals surface area (Å²) in [4.78, 5) is 12.2. The van der Waals surface area contributed by atoms with Gasteiger partial charge in [-0.1, -0.05) is 30.3 Å². The fourth-order valence-electron chi connectivity index (χ4n) is 2.66. The molecule has 0 fully saturated rings. The molecule has 7 heteroatoms. The number of ether oxygens (including phenoxy) is 1. The highest BCUT2D eigenvalue weighted by Crippen LogP contribution is 2.20. The number of amides is 1. The molecule has 0 spiro atoms. The highest BCUT2D eigenvalue weighted by Gasteiger charge is 2.14. The molecule has 3 aromatic carbocycles. The van der Waals surface area contributed by atoms with Gasteiger partial charge in [-0.15, -0.1) is 0 Å². The first-order valence-electron chi connectivity index (χ1n) is 9.02. The quantitative estimate of drug-likeness (QED) is 0.614. The average molecular weight is 410 g/mol. The van der Waals surface area contributed by atoms with Gasteiger partial charge in [-0.2, -0.15) is 0 Å². The summed E-state index contributed by atoms with van der Waals surface area (Å²) in [5.41, 5.74) is 3.31. The first-order chi connectivity index (χ1) is 13.8. The van der Waals surface area contributed by atoms with Crippen LogP contribution in [0, 0.1) is 13.8 Å². The van der Waals surface area contributed by atoms with Crippen LogP contribution in [0.5, 0.6) is 5.75 Å². The molecule has 0 aliphatic rings. The lowest BCUT2D eigenvalue weighted by Gasteiger charge is -2.12. The Labute approximate surface area is 170 Å². The number of rotatable bonds is 7. The Kier molecular flexibility index (Phi) is 6.19. The van der Waals surface area contributed by atoms with E-state index in [4.69, 9.17) is 4.74 Å². The van der Waals surface area contributed by atoms with Crippen LogP contribution in [0.3, 0.4) is 0 Å². The summed E-state index contributed by atoms with van der Waals surface area (Å²) in [5.74, 6) is 0.112. The first-order valence-corrected chi connectivity index (χ1v) is 10.5. The van der Waals surface area contributed by atoms with Crippen LogP contribution in [0.1, 0.15) is 11.1 Å². The summed E-state index contributed by atoms with van der Waals surface area (Å²) in [7, 11) is -3.70. The summed E-state index contributed by atoms with van der Waals surface area (Å²) in [6.45, 7) is 3.74. The van der Waals surface area contributed by atoms with Crippen molar-refractivity contribution < 1.29 is 17.9 Å². The van der Waals surface area contributed by atoms with Gasteiger partial charge in [-0.3, -0.25) is 9.52 Å². The van der Waals surface area contributed by atoms with Crippen LogP contribution >= 0.6 is 0 Å². The largest absolute Gasteiger partial charge is 0.484 e. The molecule has 0 radical (unpaired) electrons. The third kappa shape index (κ3) is 5.36. The standard InChI is InChI=1S/C22H22N2O4S/c1-16-7-6-10-21(17(16)2)23-22(25)15-28-19-11-13-20(14-12-19)29(26,27)24-18-8-4-3-5-9-18/h3-14,24H,15H2,1-2H3,(H,23,25). The van der Waals surface area contributed by atoms with Crippen molar-refractivity contribution in [1.29, 1.82) is 0 Å². The zero-order chi connectivity index (χ0) is 20.9. The molecule has 29 heavy (non-hydrogen) atoms. The van der Waals surface area contributed by atoms with Crippen molar-refractivity contribution in [3.8, 4) is 5.75 Å². The number of aryl methyl sites for hydroxylation is 1. The van der Waals surface area contributed by atoms with Gasteiger partial charge in [0.15, 0.2) is 6.61 Å². The van der Waals surface area contributed by atoms with E-state index in [0.717, 1.165) is 16.8 Å². The zero-order valence-electron chi connectivity index (χ0n) is 16.2. The smallest absolute Gasteiger partial charge is 0.262 e. The van der Waals surface area contributed by atoms with E-state index in [2.05, 4.69) is 10.0 Å². The van der Waals surface area contributed by atoms with Gasteiger partial charge in [0.1, 0.15) is 5.75 Å². The Morgan fingerprint density at radius 1 is 0.897 bits per heavy atom. The van der Waals surface area contributed by atoms with Gasteiger partial charge in [0.2, 0.25) is 0 Å². The lowest BCUT2D eigenvalue weighted by molar-refractivity contribution is -0.118. The number of para-hydroxylation sites is 1. The second kappa shape index (κ2) is 8.79. The molecule has 0 saturated carbocycles. The zero-order valence-corrected chi connectivity index (χ0v) is 17.0. The normalized spacial score (nSPS) is 11.0. The summed E-state index contributed by atoms with van der Waals surface area (Å²) >= 11 is 0. The van der Waals surface area contributed by atoms with Crippen molar-refractivity contribution >= 4 is 27.3 Å². The molecule has 0 heterocycles. The van der Waals surface area contributed by atoms with E-state index in [-0.39, 0.29) is 17.4 Å². The van der Waals surface area contributed by atoms with Crippen LogP contribution in [-0.2, 0) is 14.8 Å². The van der Waals surface area contributed by atoms with E-state index in [1.807, 2.05) is 32.0 Å². The van der Waals surface area contributed by atoms with Gasteiger partial charge in [0.25, 0.3) is 15.9 Å². The minimum Gasteiger partial charge on any atom is -0.484 e. The van der Waals surface area contributed by atoms with Crippen LogP contribution < -0.4 is 14.8 Å². The summed E-state index contributed by atoms with van der Waals surface area (Å²) in [5, 5.41) is 2.81. The Hall–Kier alpha value is -3.32. The van der Waals surface area contributed by atoms with Crippen molar-refractivity contribution in [3.63, 3.8) is 0 Å². The molecule has 1 amide bonds. The Morgan fingerprint density at radius 3 is 2.28 bits per heavy atom. The van der Waals surface area contributed by atoms with Crippen molar-refractivity contribution in [2.45, 2.75) is 18.7 Å². The van der Waals surface area contributed by atoms with Crippen LogP contribution in [0.4, 0.5) is 11.4 Å². The number of sulfonamides is 1. The molecule has 0 aliphatic carbocycles. The highest BCUT2D eigenvalue weighted by molar-refractivity contribution is 7.92. The van der Waals surface area contributed by atoms with Gasteiger partial charge >= 0.3 is 0 Å². The number of hydrogen-bond acceptors (Lipinski definition) is 4. The Bertz CT molecular complexity index is 1100. The number of hydrogen-bond donors (Lipinski definition) is 2. The van der Waals surface area contributed by atoms with Gasteiger partial charge < -0.3 is 10.1 Å². The molecule has 3 rings (SSSR count). The molecule has 0 unspecified atom stereocenters. The van der Waals surface area contributed by atoms with E-state index in [1.165, 1.54) is 24.3 Å². The van der Waals surface area contributed by atoms with Crippen LogP contribution in [0.15, 0.2) is 77.7 Å². The van der Waals surface area contributed by atoms with Crippen molar-refractivity contribution in [1.82, 2.24) is 0 Å². The third-order valence-corrected chi connectivity index (χ3v) is 5.81. The van der Waals surface area contributed by atoms with Crippen molar-refractivity contribution in [2.75, 3.05) is 16.6 Å². The molecule has 0 saturated heterocycles. The lowest BCUT2D eigenvalue weighted by atomic mass is 10.1. The molecule has 3 aromatic rings. The number of anilines is 2. The third-order valence-electron chi connectivity index (χ3n) is 4.41. The van der Waals surface area contributed by atoms with Crippen LogP contribution in [0.2, 0.25) is 0 Å². The lowest BCUT2D eigenvalue weighted by Crippen LogP contribution is -2.20. The maximum Gasteiger partial charge on any atom is 0.262 e. The van der Waals surface area contributed by atoms with Crippen LogP contribution in [-0.4, -0.2) is 20.9 Å². The second-order valence-corrected chi connectivity index (χ2v) is 8.21. The maximum absolute atomic E-state index is 12.4. The molecule has 0 bridgehead atoms. The molecule has 6 nitrogen and oxygen atoms in total. The van der Waals surface area contributed by atoms with E-state index in [0.29, 0.717) is 11.4 Å². The number of carbonyl (C=O) groups excluding carboxylic acids is 1. The number of benzene rings is 3. The monoisotopic (exact) mass is 410 g/mol. The van der Waals surface area contributed by atoms with Gasteiger partial charge in [-0.05, 0) is 67.4 Å². The predicted octanol–water partition coefficient (Wildman–Crippen LogP) is 4.12. The Morgan fingerprint density at radius 2 is 1.59 bits per heavy atom. The van der Waals surface area contributed by atoms with Gasteiger partial charge in [0.05, 0.1) is 4.90 Å². The molecular weight excluding hydrogens is 388 g/mol. The van der Waals surface area contributed by atoms with E-state index in [1.54, 1.807) is 30.3 Å². The minimum absolute atomic E-state index is 0.105. The van der Waals surface area contributed by atoms with E-state index in [9.17, 15) is 13.2 Å². The van der Waals surface area contributed by atoms with Crippen LogP contribution in [0.25, 0.3) is 0 Å². The summed E-state index contributed by atoms with van der Waals surface area (Å²) in [6.07, 6.45) is 0. The Balaban J connectivity index is 1.59. The number of carbonyl (C=O) groups is 1. The molecular formula is C22H22N2O4S. The first kappa shape index (κ1) is 20.4. The fourth-order valence-corrected chi connectivity index (χ4v) is 3.72. The van der Waals surface area contributed by atoms with Crippen molar-refractivity contribution in [3.05, 3.63) is 83.9 Å². The van der Waals surface area contributed by atoms with E-state index >= 15 is 0 Å². The van der Waals surface area contributed by atoms with Gasteiger partial charge in [0, 0.05) is 11.4 Å². The minimum atomic E-state index is -3.70. The van der Waals surface area contributed by atoms with Crippen molar-refractivity contribution in [2.24, 2.45) is 0 Å². The fraction of sp³-hybridized carbons (Fsp3) is 0.136. The average Bonchev–Trinajstić information content (AvgIpc) is 2.71. The summed E-state index contributed by atoms with van der Waals surface area (Å²) < 4.78 is 32.8. The number of nitrogens with one attached hydrogen (secondary N) is 2. The highest BCUT2D eigenvalue weighted by atomic mass is 32.2. The summed E-state index contributed by atoms with van der Waals surface area (Å²) in [6, 6.07) is 20.2. The van der Waals surface area contributed by atoms with E-state index < -0.39 is 10.0 Å². The molecule has 150 valence electrons. The maximum atomic E-state index is 12.4. The molecule has 2 N–H and O–H groups in total. The predicted molar refractivity (Wildman–Crippen MR) is 114 cm³/mol. The molecule has 0 aliphatic heterocycles. The molecule has 0 aromatic heterocycles. The van der Waals surface area contributed by atoms with Gasteiger partial charge in [-0.25, -0.2) is 8.42 Å². The second-order valence-electron chi connectivity index (χ2n) is 6.53.